The Bertz CT molecular complexity index is 325. The van der Waals surface area contributed by atoms with Crippen LogP contribution in [-0.4, -0.2) is 34.4 Å². The van der Waals surface area contributed by atoms with Crippen LogP contribution in [0.2, 0.25) is 0 Å². The number of hydrogen-bond acceptors (Lipinski definition) is 3. The van der Waals surface area contributed by atoms with Gasteiger partial charge in [0.15, 0.2) is 11.6 Å². The highest BCUT2D eigenvalue weighted by Crippen LogP contribution is 2.23. The summed E-state index contributed by atoms with van der Waals surface area (Å²) >= 11 is 0. The molecule has 1 unspecified atom stereocenters. The standard InChI is InChI=1S/C12H18FNO2/c1-14-7-10(8-15-2)9-4-5-12(16-3)11(13)6-9/h4-6,10,14H,7-8H2,1-3H3. The topological polar surface area (TPSA) is 30.5 Å². The van der Waals surface area contributed by atoms with Crippen LogP contribution in [0.5, 0.6) is 5.75 Å². The van der Waals surface area contributed by atoms with Gasteiger partial charge in [-0.2, -0.15) is 0 Å². The second-order valence-corrected chi connectivity index (χ2v) is 3.60. The number of benzene rings is 1. The molecule has 0 aliphatic carbocycles. The highest BCUT2D eigenvalue weighted by atomic mass is 19.1. The Morgan fingerprint density at radius 2 is 2.12 bits per heavy atom. The molecule has 4 heteroatoms. The number of nitrogens with one attached hydrogen (secondary N) is 1. The van der Waals surface area contributed by atoms with Crippen molar-refractivity contribution >= 4 is 0 Å². The van der Waals surface area contributed by atoms with E-state index < -0.39 is 0 Å². The lowest BCUT2D eigenvalue weighted by Gasteiger charge is -2.16. The predicted molar refractivity (Wildman–Crippen MR) is 61.5 cm³/mol. The van der Waals surface area contributed by atoms with Gasteiger partial charge in [0.05, 0.1) is 13.7 Å². The first-order chi connectivity index (χ1) is 7.72. The van der Waals surface area contributed by atoms with Crippen LogP contribution < -0.4 is 10.1 Å². The van der Waals surface area contributed by atoms with Crippen molar-refractivity contribution in [2.45, 2.75) is 5.92 Å². The highest BCUT2D eigenvalue weighted by Gasteiger charge is 2.13. The van der Waals surface area contributed by atoms with E-state index in [2.05, 4.69) is 5.32 Å². The van der Waals surface area contributed by atoms with E-state index >= 15 is 0 Å². The van der Waals surface area contributed by atoms with Crippen molar-refractivity contribution in [2.24, 2.45) is 0 Å². The van der Waals surface area contributed by atoms with E-state index in [0.29, 0.717) is 6.61 Å². The van der Waals surface area contributed by atoms with Crippen molar-refractivity contribution < 1.29 is 13.9 Å². The lowest BCUT2D eigenvalue weighted by molar-refractivity contribution is 0.178. The van der Waals surface area contributed by atoms with Crippen LogP contribution >= 0.6 is 0 Å². The summed E-state index contributed by atoms with van der Waals surface area (Å²) in [5.74, 6) is 0.0805. The van der Waals surface area contributed by atoms with Gasteiger partial charge in [-0.1, -0.05) is 6.07 Å². The van der Waals surface area contributed by atoms with Crippen LogP contribution in [0.25, 0.3) is 0 Å². The van der Waals surface area contributed by atoms with Gasteiger partial charge in [-0.15, -0.1) is 0 Å². The van der Waals surface area contributed by atoms with Crippen LogP contribution in [0.3, 0.4) is 0 Å². The van der Waals surface area contributed by atoms with Gasteiger partial charge in [0, 0.05) is 19.6 Å². The van der Waals surface area contributed by atoms with Gasteiger partial charge >= 0.3 is 0 Å². The second kappa shape index (κ2) is 6.45. The molecule has 0 fully saturated rings. The van der Waals surface area contributed by atoms with E-state index in [1.807, 2.05) is 13.1 Å². The zero-order chi connectivity index (χ0) is 12.0. The Labute approximate surface area is 95.6 Å². The van der Waals surface area contributed by atoms with Crippen LogP contribution in [0.15, 0.2) is 18.2 Å². The lowest BCUT2D eigenvalue weighted by atomic mass is 9.99. The molecule has 1 aromatic rings. The maximum absolute atomic E-state index is 13.5. The second-order valence-electron chi connectivity index (χ2n) is 3.60. The zero-order valence-electron chi connectivity index (χ0n) is 9.92. The molecule has 0 aliphatic heterocycles. The fourth-order valence-corrected chi connectivity index (χ4v) is 1.66. The molecule has 1 atom stereocenters. The fourth-order valence-electron chi connectivity index (χ4n) is 1.66. The van der Waals surface area contributed by atoms with E-state index in [1.54, 1.807) is 13.2 Å². The third-order valence-corrected chi connectivity index (χ3v) is 2.47. The Kier molecular flexibility index (Phi) is 5.22. The highest BCUT2D eigenvalue weighted by molar-refractivity contribution is 5.31. The molecule has 90 valence electrons. The van der Waals surface area contributed by atoms with Gasteiger partial charge in [-0.3, -0.25) is 0 Å². The van der Waals surface area contributed by atoms with E-state index in [9.17, 15) is 4.39 Å². The summed E-state index contributed by atoms with van der Waals surface area (Å²) in [7, 11) is 4.96. The first kappa shape index (κ1) is 12.9. The predicted octanol–water partition coefficient (Wildman–Crippen LogP) is 1.78. The van der Waals surface area contributed by atoms with Crippen molar-refractivity contribution in [3.05, 3.63) is 29.6 Å². The molecule has 3 nitrogen and oxygen atoms in total. The minimum Gasteiger partial charge on any atom is -0.494 e. The van der Waals surface area contributed by atoms with E-state index in [0.717, 1.165) is 12.1 Å². The van der Waals surface area contributed by atoms with E-state index in [-0.39, 0.29) is 17.5 Å². The minimum atomic E-state index is -0.336. The Hall–Kier alpha value is -1.13. The molecular formula is C12H18FNO2. The fraction of sp³-hybridized carbons (Fsp3) is 0.500. The molecule has 0 amide bonds. The smallest absolute Gasteiger partial charge is 0.165 e. The Morgan fingerprint density at radius 3 is 2.62 bits per heavy atom. The Morgan fingerprint density at radius 1 is 1.38 bits per heavy atom. The van der Waals surface area contributed by atoms with Gasteiger partial charge in [-0.05, 0) is 24.7 Å². The van der Waals surface area contributed by atoms with Gasteiger partial charge < -0.3 is 14.8 Å². The van der Waals surface area contributed by atoms with Gasteiger partial charge in [-0.25, -0.2) is 4.39 Å². The molecule has 0 aromatic heterocycles. The van der Waals surface area contributed by atoms with Crippen molar-refractivity contribution in [1.29, 1.82) is 0 Å². The summed E-state index contributed by atoms with van der Waals surface area (Å²) in [6, 6.07) is 5.01. The maximum atomic E-state index is 13.5. The van der Waals surface area contributed by atoms with Crippen LogP contribution in [-0.2, 0) is 4.74 Å². The van der Waals surface area contributed by atoms with Gasteiger partial charge in [0.1, 0.15) is 0 Å². The summed E-state index contributed by atoms with van der Waals surface area (Å²) < 4.78 is 23.5. The molecule has 1 rings (SSSR count). The summed E-state index contributed by atoms with van der Waals surface area (Å²) in [6.45, 7) is 1.31. The SMILES string of the molecule is CNCC(COC)c1ccc(OC)c(F)c1. The molecule has 1 aromatic carbocycles. The first-order valence-corrected chi connectivity index (χ1v) is 5.20. The molecule has 0 spiro atoms. The third kappa shape index (κ3) is 3.18. The van der Waals surface area contributed by atoms with Crippen LogP contribution in [0.4, 0.5) is 4.39 Å². The van der Waals surface area contributed by atoms with Crippen molar-refractivity contribution in [1.82, 2.24) is 5.32 Å². The molecular weight excluding hydrogens is 209 g/mol. The average Bonchev–Trinajstić information content (AvgIpc) is 2.28. The first-order valence-electron chi connectivity index (χ1n) is 5.20. The lowest BCUT2D eigenvalue weighted by Crippen LogP contribution is -2.21. The molecule has 0 saturated carbocycles. The average molecular weight is 227 g/mol. The molecule has 16 heavy (non-hydrogen) atoms. The van der Waals surface area contributed by atoms with Crippen molar-refractivity contribution in [2.75, 3.05) is 34.4 Å². The monoisotopic (exact) mass is 227 g/mol. The molecule has 0 aliphatic rings. The number of ether oxygens (including phenoxy) is 2. The molecule has 0 saturated heterocycles. The van der Waals surface area contributed by atoms with Crippen LogP contribution in [0.1, 0.15) is 11.5 Å². The van der Waals surface area contributed by atoms with Crippen molar-refractivity contribution in [3.63, 3.8) is 0 Å². The molecule has 1 N–H and O–H groups in total. The van der Waals surface area contributed by atoms with E-state index in [1.165, 1.54) is 13.2 Å². The maximum Gasteiger partial charge on any atom is 0.165 e. The summed E-state index contributed by atoms with van der Waals surface area (Å²) in [6.07, 6.45) is 0. The number of rotatable bonds is 6. The largest absolute Gasteiger partial charge is 0.494 e. The number of methoxy groups -OCH3 is 2. The van der Waals surface area contributed by atoms with Gasteiger partial charge in [0.2, 0.25) is 0 Å². The third-order valence-electron chi connectivity index (χ3n) is 2.47. The Balaban J connectivity index is 2.87. The normalized spacial score (nSPS) is 12.5. The summed E-state index contributed by atoms with van der Waals surface area (Å²) in [4.78, 5) is 0. The zero-order valence-corrected chi connectivity index (χ0v) is 9.92. The summed E-state index contributed by atoms with van der Waals surface area (Å²) in [5, 5.41) is 3.07. The summed E-state index contributed by atoms with van der Waals surface area (Å²) in [5.41, 5.74) is 0.912. The molecule has 0 radical (unpaired) electrons. The molecule has 0 bridgehead atoms. The van der Waals surface area contributed by atoms with Crippen molar-refractivity contribution in [3.8, 4) is 5.75 Å². The molecule has 0 heterocycles. The number of hydrogen-bond donors (Lipinski definition) is 1. The van der Waals surface area contributed by atoms with E-state index in [4.69, 9.17) is 9.47 Å². The van der Waals surface area contributed by atoms with Crippen LogP contribution in [0, 0.1) is 5.82 Å². The number of halogens is 1. The minimum absolute atomic E-state index is 0.149. The quantitative estimate of drug-likeness (QED) is 0.803. The number of likely N-dealkylation sites (N-methyl/N-ethyl adjacent to an activating group) is 1. The van der Waals surface area contributed by atoms with Gasteiger partial charge in [0.25, 0.3) is 0 Å².